The first kappa shape index (κ1) is 17.7. The first-order valence-electron chi connectivity index (χ1n) is 8.84. The van der Waals surface area contributed by atoms with E-state index in [1.807, 2.05) is 78.9 Å². The van der Waals surface area contributed by atoms with E-state index < -0.39 is 11.7 Å². The minimum atomic E-state index is -1.13. The van der Waals surface area contributed by atoms with Crippen LogP contribution in [0.15, 0.2) is 91.0 Å². The topological polar surface area (TPSA) is 29.5 Å². The van der Waals surface area contributed by atoms with Crippen molar-refractivity contribution in [1.29, 1.82) is 0 Å². The van der Waals surface area contributed by atoms with E-state index in [4.69, 9.17) is 4.74 Å². The Balaban J connectivity index is 1.91. The molecule has 4 rings (SSSR count). The van der Waals surface area contributed by atoms with E-state index in [-0.39, 0.29) is 12.0 Å². The second-order valence-electron chi connectivity index (χ2n) is 6.70. The largest absolute Gasteiger partial charge is 0.381 e. The maximum Gasteiger partial charge on any atom is 0.129 e. The molecule has 26 heavy (non-hydrogen) atoms. The summed E-state index contributed by atoms with van der Waals surface area (Å²) in [5, 5.41) is 12.2. The first-order valence-corrected chi connectivity index (χ1v) is 10.4. The molecule has 1 heterocycles. The minimum absolute atomic E-state index is 0.0617. The smallest absolute Gasteiger partial charge is 0.129 e. The molecule has 2 nitrogen and oxygen atoms in total. The molecule has 132 valence electrons. The van der Waals surface area contributed by atoms with Crippen molar-refractivity contribution in [3.63, 3.8) is 0 Å². The number of ether oxygens (including phenoxy) is 1. The SMILES string of the molecule is O[C@@]1(c2ccccc2)[C@@H](c2ccccc2)O[C@H](CI)[C@@H]1c1ccccc1. The van der Waals surface area contributed by atoms with Crippen molar-refractivity contribution < 1.29 is 9.84 Å². The number of rotatable bonds is 4. The van der Waals surface area contributed by atoms with E-state index >= 15 is 0 Å². The quantitative estimate of drug-likeness (QED) is 0.430. The Hall–Kier alpha value is -1.69. The predicted octanol–water partition coefficient (Wildman–Crippen LogP) is 5.23. The van der Waals surface area contributed by atoms with Gasteiger partial charge in [-0.15, -0.1) is 0 Å². The highest BCUT2D eigenvalue weighted by Gasteiger charge is 2.57. The second kappa shape index (κ2) is 7.51. The molecule has 3 aromatic rings. The average Bonchev–Trinajstić information content (AvgIpc) is 3.03. The molecular weight excluding hydrogens is 435 g/mol. The Morgan fingerprint density at radius 1 is 0.769 bits per heavy atom. The van der Waals surface area contributed by atoms with Gasteiger partial charge in [0.15, 0.2) is 0 Å². The van der Waals surface area contributed by atoms with Crippen LogP contribution in [-0.2, 0) is 10.3 Å². The maximum absolute atomic E-state index is 12.2. The summed E-state index contributed by atoms with van der Waals surface area (Å²) in [4.78, 5) is 0. The van der Waals surface area contributed by atoms with Crippen LogP contribution in [0.1, 0.15) is 28.7 Å². The van der Waals surface area contributed by atoms with Crippen LogP contribution in [0.25, 0.3) is 0 Å². The monoisotopic (exact) mass is 456 g/mol. The lowest BCUT2D eigenvalue weighted by atomic mass is 9.72. The Morgan fingerprint density at radius 3 is 1.81 bits per heavy atom. The van der Waals surface area contributed by atoms with Crippen molar-refractivity contribution in [1.82, 2.24) is 0 Å². The van der Waals surface area contributed by atoms with Crippen LogP contribution in [-0.4, -0.2) is 15.6 Å². The maximum atomic E-state index is 12.2. The summed E-state index contributed by atoms with van der Waals surface area (Å²) in [5.41, 5.74) is 1.89. The highest BCUT2D eigenvalue weighted by atomic mass is 127. The van der Waals surface area contributed by atoms with Gasteiger partial charge in [0.25, 0.3) is 0 Å². The summed E-state index contributed by atoms with van der Waals surface area (Å²) in [6, 6.07) is 30.3. The summed E-state index contributed by atoms with van der Waals surface area (Å²) in [6.45, 7) is 0. The van der Waals surface area contributed by atoms with E-state index in [0.717, 1.165) is 21.1 Å². The Bertz CT molecular complexity index is 838. The van der Waals surface area contributed by atoms with Crippen molar-refractivity contribution in [3.8, 4) is 0 Å². The Kier molecular flexibility index (Phi) is 5.11. The number of alkyl halides is 1. The molecule has 4 atom stereocenters. The van der Waals surface area contributed by atoms with Crippen LogP contribution in [0.5, 0.6) is 0 Å². The molecule has 0 aromatic heterocycles. The van der Waals surface area contributed by atoms with Gasteiger partial charge in [-0.2, -0.15) is 0 Å². The molecule has 0 aliphatic carbocycles. The van der Waals surface area contributed by atoms with Gasteiger partial charge in [0, 0.05) is 10.3 Å². The average molecular weight is 456 g/mol. The van der Waals surface area contributed by atoms with Crippen LogP contribution in [0, 0.1) is 0 Å². The van der Waals surface area contributed by atoms with Gasteiger partial charge in [-0.05, 0) is 16.7 Å². The van der Waals surface area contributed by atoms with Crippen LogP contribution in [0.4, 0.5) is 0 Å². The van der Waals surface area contributed by atoms with Gasteiger partial charge in [0.1, 0.15) is 11.7 Å². The minimum Gasteiger partial charge on any atom is -0.381 e. The summed E-state index contributed by atoms with van der Waals surface area (Å²) in [6.07, 6.45) is -0.468. The molecule has 3 aromatic carbocycles. The molecule has 0 bridgehead atoms. The lowest BCUT2D eigenvalue weighted by Crippen LogP contribution is -2.36. The molecule has 0 amide bonds. The van der Waals surface area contributed by atoms with Gasteiger partial charge in [-0.25, -0.2) is 0 Å². The van der Waals surface area contributed by atoms with Crippen molar-refractivity contribution in [3.05, 3.63) is 108 Å². The Labute approximate surface area is 168 Å². The van der Waals surface area contributed by atoms with Crippen molar-refractivity contribution in [2.75, 3.05) is 4.43 Å². The first-order chi connectivity index (χ1) is 12.7. The molecule has 3 heteroatoms. The number of hydrogen-bond acceptors (Lipinski definition) is 2. The molecule has 0 spiro atoms. The zero-order valence-corrected chi connectivity index (χ0v) is 16.5. The molecule has 1 saturated heterocycles. The number of halogens is 1. The van der Waals surface area contributed by atoms with E-state index in [9.17, 15) is 5.11 Å². The van der Waals surface area contributed by atoms with Crippen molar-refractivity contribution in [2.45, 2.75) is 23.7 Å². The zero-order chi connectivity index (χ0) is 18.0. The highest BCUT2D eigenvalue weighted by molar-refractivity contribution is 14.1. The van der Waals surface area contributed by atoms with Gasteiger partial charge in [0.2, 0.25) is 0 Å². The third kappa shape index (κ3) is 2.98. The Morgan fingerprint density at radius 2 is 1.27 bits per heavy atom. The molecule has 1 aliphatic heterocycles. The van der Waals surface area contributed by atoms with Crippen LogP contribution in [0.2, 0.25) is 0 Å². The van der Waals surface area contributed by atoms with Gasteiger partial charge in [0.05, 0.1) is 6.10 Å². The van der Waals surface area contributed by atoms with E-state index in [1.54, 1.807) is 0 Å². The summed E-state index contributed by atoms with van der Waals surface area (Å²) in [5.74, 6) is -0.131. The molecule has 1 N–H and O–H groups in total. The van der Waals surface area contributed by atoms with Crippen molar-refractivity contribution >= 4 is 22.6 Å². The molecule has 1 fully saturated rings. The molecule has 0 saturated carbocycles. The van der Waals surface area contributed by atoms with Crippen molar-refractivity contribution in [2.24, 2.45) is 0 Å². The fourth-order valence-corrected chi connectivity index (χ4v) is 4.77. The lowest BCUT2D eigenvalue weighted by molar-refractivity contribution is -0.0550. The van der Waals surface area contributed by atoms with Gasteiger partial charge in [-0.1, -0.05) is 114 Å². The lowest BCUT2D eigenvalue weighted by Gasteiger charge is -2.35. The normalized spacial score (nSPS) is 28.2. The van der Waals surface area contributed by atoms with Gasteiger partial charge in [-0.3, -0.25) is 0 Å². The molecular formula is C23H21IO2. The molecule has 0 radical (unpaired) electrons. The predicted molar refractivity (Wildman–Crippen MR) is 112 cm³/mol. The van der Waals surface area contributed by atoms with Crippen LogP contribution in [0.3, 0.4) is 0 Å². The summed E-state index contributed by atoms with van der Waals surface area (Å²) < 4.78 is 7.29. The summed E-state index contributed by atoms with van der Waals surface area (Å²) in [7, 11) is 0. The highest BCUT2D eigenvalue weighted by Crippen LogP contribution is 2.56. The number of hydrogen-bond donors (Lipinski definition) is 1. The second-order valence-corrected chi connectivity index (χ2v) is 7.58. The standard InChI is InChI=1S/C23H21IO2/c24-16-20-21(17-10-4-1-5-11-17)23(25,19-14-8-3-9-15-19)22(26-20)18-12-6-2-7-13-18/h1-15,20-22,25H,16H2/t20-,21+,22-,23-/m1/s1. The summed E-state index contributed by atoms with van der Waals surface area (Å²) >= 11 is 2.36. The fourth-order valence-electron chi connectivity index (χ4n) is 4.05. The van der Waals surface area contributed by atoms with Gasteiger partial charge >= 0.3 is 0 Å². The van der Waals surface area contributed by atoms with E-state index in [2.05, 4.69) is 34.7 Å². The van der Waals surface area contributed by atoms with E-state index in [0.29, 0.717) is 0 Å². The third-order valence-corrected chi connectivity index (χ3v) is 6.07. The molecule has 1 aliphatic rings. The molecule has 0 unspecified atom stereocenters. The van der Waals surface area contributed by atoms with Crippen LogP contribution >= 0.6 is 22.6 Å². The van der Waals surface area contributed by atoms with Crippen LogP contribution < -0.4 is 0 Å². The zero-order valence-electron chi connectivity index (χ0n) is 14.3. The number of aliphatic hydroxyl groups is 1. The van der Waals surface area contributed by atoms with Gasteiger partial charge < -0.3 is 9.84 Å². The fraction of sp³-hybridized carbons (Fsp3) is 0.217. The van der Waals surface area contributed by atoms with E-state index in [1.165, 1.54) is 0 Å². The number of benzene rings is 3. The third-order valence-electron chi connectivity index (χ3n) is 5.21.